The molecule has 5 heterocycles. The maximum Gasteiger partial charge on any atom is 0.283 e. The van der Waals surface area contributed by atoms with Crippen LogP contribution in [0.25, 0.3) is 0 Å². The number of hydrogen-bond donors (Lipinski definition) is 2. The molecule has 11 nitrogen and oxygen atoms in total. The van der Waals surface area contributed by atoms with Crippen LogP contribution in [0.1, 0.15) is 90.8 Å². The van der Waals surface area contributed by atoms with Crippen molar-refractivity contribution in [2.24, 2.45) is 5.41 Å². The zero-order valence-electron chi connectivity index (χ0n) is 30.5. The standard InChI is InChI=1S/C40H50BrN7O4/c1-4-48-39(52)36(41)34(23-42-48)43-30-22-29(24-45(3)25-30)27-5-7-28(8-6-27)38(51)47-19-15-40(16-20-47)13-17-46(18-14-40)31-9-10-32(26(2)21-31)33-11-12-35(49)44-37(33)50/h5-10,21,23,29-30,33,43H,4,11-20,22,24-25H2,1-3H3,(H,44,49,50)/t29-,30+,33?/m1/s1. The van der Waals surface area contributed by atoms with Crippen molar-refractivity contribution in [2.75, 3.05) is 56.5 Å². The number of anilines is 2. The van der Waals surface area contributed by atoms with E-state index in [9.17, 15) is 19.2 Å². The molecule has 0 aliphatic carbocycles. The lowest BCUT2D eigenvalue weighted by atomic mass is 9.71. The summed E-state index contributed by atoms with van der Waals surface area (Å²) < 4.78 is 1.95. The van der Waals surface area contributed by atoms with Crippen LogP contribution in [0.2, 0.25) is 0 Å². The molecule has 12 heteroatoms. The van der Waals surface area contributed by atoms with Crippen molar-refractivity contribution < 1.29 is 14.4 Å². The number of amides is 3. The molecule has 4 aliphatic rings. The van der Waals surface area contributed by atoms with Crippen LogP contribution in [0.5, 0.6) is 0 Å². The summed E-state index contributed by atoms with van der Waals surface area (Å²) in [7, 11) is 2.12. The number of aromatic nitrogens is 2. The highest BCUT2D eigenvalue weighted by Gasteiger charge is 2.39. The van der Waals surface area contributed by atoms with Crippen molar-refractivity contribution in [1.29, 1.82) is 0 Å². The van der Waals surface area contributed by atoms with Gasteiger partial charge in [-0.2, -0.15) is 5.10 Å². The minimum atomic E-state index is -0.262. The average molecular weight is 773 g/mol. The van der Waals surface area contributed by atoms with Crippen molar-refractivity contribution in [1.82, 2.24) is 24.9 Å². The molecule has 1 aromatic heterocycles. The number of halogens is 1. The highest BCUT2D eigenvalue weighted by Crippen LogP contribution is 2.43. The first-order valence-corrected chi connectivity index (χ1v) is 19.6. The van der Waals surface area contributed by atoms with Crippen LogP contribution in [0.15, 0.2) is 57.9 Å². The number of nitrogens with zero attached hydrogens (tertiary/aromatic N) is 5. The molecule has 7 rings (SSSR count). The van der Waals surface area contributed by atoms with E-state index < -0.39 is 0 Å². The lowest BCUT2D eigenvalue weighted by Gasteiger charge is -2.47. The van der Waals surface area contributed by atoms with Gasteiger partial charge in [0.25, 0.3) is 11.5 Å². The fourth-order valence-corrected chi connectivity index (χ4v) is 9.34. The highest BCUT2D eigenvalue weighted by atomic mass is 79.9. The Bertz CT molecular complexity index is 1880. The third-order valence-corrected chi connectivity index (χ3v) is 12.8. The van der Waals surface area contributed by atoms with Crippen molar-refractivity contribution >= 4 is 45.0 Å². The lowest BCUT2D eigenvalue weighted by molar-refractivity contribution is -0.134. The first-order chi connectivity index (χ1) is 25.0. The lowest BCUT2D eigenvalue weighted by Crippen LogP contribution is -2.48. The molecule has 1 spiro atoms. The minimum absolute atomic E-state index is 0.116. The van der Waals surface area contributed by atoms with Crippen LogP contribution in [0.4, 0.5) is 11.4 Å². The molecule has 2 aromatic carbocycles. The SMILES string of the molecule is CCn1ncc(N[C@H]2C[C@@H](c3ccc(C(=O)N4CCC5(CC4)CCN(c4ccc(C6CCC(=O)NC6=O)c(C)c4)CC5)cc3)CN(C)C2)c(Br)c1=O. The number of aryl methyl sites for hydroxylation is 2. The molecule has 0 radical (unpaired) electrons. The molecule has 4 fully saturated rings. The minimum Gasteiger partial charge on any atom is -0.379 e. The maximum atomic E-state index is 13.6. The largest absolute Gasteiger partial charge is 0.379 e. The van der Waals surface area contributed by atoms with Gasteiger partial charge in [-0.25, -0.2) is 4.68 Å². The Morgan fingerprint density at radius 2 is 1.71 bits per heavy atom. The second-order valence-electron chi connectivity index (χ2n) is 15.4. The quantitative estimate of drug-likeness (QED) is 0.312. The molecule has 3 aromatic rings. The van der Waals surface area contributed by atoms with Gasteiger partial charge in [0.05, 0.1) is 17.8 Å². The van der Waals surface area contributed by atoms with Gasteiger partial charge < -0.3 is 20.0 Å². The molecule has 3 amide bonds. The van der Waals surface area contributed by atoms with Crippen LogP contribution in [0.3, 0.4) is 0 Å². The summed E-state index contributed by atoms with van der Waals surface area (Å²) >= 11 is 3.47. The second-order valence-corrected chi connectivity index (χ2v) is 16.2. The Morgan fingerprint density at radius 3 is 2.38 bits per heavy atom. The molecular formula is C40H50BrN7O4. The third kappa shape index (κ3) is 7.55. The van der Waals surface area contributed by atoms with Gasteiger partial charge in [-0.3, -0.25) is 24.5 Å². The summed E-state index contributed by atoms with van der Waals surface area (Å²) in [6.07, 6.45) is 7.86. The zero-order chi connectivity index (χ0) is 36.6. The molecule has 4 saturated heterocycles. The van der Waals surface area contributed by atoms with Gasteiger partial charge in [-0.15, -0.1) is 0 Å². The van der Waals surface area contributed by atoms with E-state index in [1.165, 1.54) is 15.9 Å². The predicted molar refractivity (Wildman–Crippen MR) is 206 cm³/mol. The van der Waals surface area contributed by atoms with Crippen molar-refractivity contribution in [3.8, 4) is 0 Å². The van der Waals surface area contributed by atoms with Crippen molar-refractivity contribution in [2.45, 2.75) is 83.2 Å². The summed E-state index contributed by atoms with van der Waals surface area (Å²) in [5, 5.41) is 10.3. The monoisotopic (exact) mass is 771 g/mol. The van der Waals surface area contributed by atoms with E-state index in [0.717, 1.165) is 93.8 Å². The molecule has 1 unspecified atom stereocenters. The number of nitrogens with one attached hydrogen (secondary N) is 2. The fourth-order valence-electron chi connectivity index (χ4n) is 8.92. The topological polar surface area (TPSA) is 120 Å². The Balaban J connectivity index is 0.910. The number of benzene rings is 2. The molecule has 3 atom stereocenters. The predicted octanol–water partition coefficient (Wildman–Crippen LogP) is 5.28. The average Bonchev–Trinajstić information content (AvgIpc) is 3.14. The summed E-state index contributed by atoms with van der Waals surface area (Å²) in [4.78, 5) is 57.1. The number of rotatable bonds is 7. The smallest absolute Gasteiger partial charge is 0.283 e. The zero-order valence-corrected chi connectivity index (χ0v) is 32.1. The van der Waals surface area contributed by atoms with Gasteiger partial charge >= 0.3 is 0 Å². The number of piperidine rings is 4. The van der Waals surface area contributed by atoms with E-state index in [4.69, 9.17) is 0 Å². The number of imide groups is 1. The summed E-state index contributed by atoms with van der Waals surface area (Å²) in [6, 6.07) is 14.8. The van der Waals surface area contributed by atoms with Crippen molar-refractivity contribution in [3.05, 3.63) is 85.7 Å². The first-order valence-electron chi connectivity index (χ1n) is 18.8. The molecule has 276 valence electrons. The van der Waals surface area contributed by atoms with Crippen molar-refractivity contribution in [3.63, 3.8) is 0 Å². The van der Waals surface area contributed by atoms with Gasteiger partial charge in [0.1, 0.15) is 4.47 Å². The Hall–Kier alpha value is -4.03. The Labute approximate surface area is 314 Å². The summed E-state index contributed by atoms with van der Waals surface area (Å²) in [6.45, 7) is 9.82. The number of hydrogen-bond acceptors (Lipinski definition) is 8. The number of likely N-dealkylation sites (N-methyl/N-ethyl adjacent to an activating group) is 1. The van der Waals surface area contributed by atoms with Crippen LogP contribution in [-0.4, -0.2) is 89.7 Å². The number of carbonyl (C=O) groups excluding carboxylic acids is 3. The first kappa shape index (κ1) is 36.3. The Morgan fingerprint density at radius 1 is 1.00 bits per heavy atom. The van der Waals surface area contributed by atoms with E-state index in [1.54, 1.807) is 6.20 Å². The molecule has 4 aliphatic heterocycles. The molecule has 2 N–H and O–H groups in total. The van der Waals surface area contributed by atoms with Gasteiger partial charge in [-0.1, -0.05) is 18.2 Å². The van der Waals surface area contributed by atoms with E-state index in [1.807, 2.05) is 24.0 Å². The summed E-state index contributed by atoms with van der Waals surface area (Å²) in [5.74, 6) is -0.217. The van der Waals surface area contributed by atoms with Gasteiger partial charge in [0, 0.05) is 69.5 Å². The van der Waals surface area contributed by atoms with Crippen LogP contribution < -0.4 is 21.1 Å². The maximum absolute atomic E-state index is 13.6. The molecule has 0 saturated carbocycles. The van der Waals surface area contributed by atoms with Crippen LogP contribution in [0, 0.1) is 12.3 Å². The van der Waals surface area contributed by atoms with Gasteiger partial charge in [0.15, 0.2) is 0 Å². The summed E-state index contributed by atoms with van der Waals surface area (Å²) in [5.41, 5.74) is 6.12. The van der Waals surface area contributed by atoms with Gasteiger partial charge in [-0.05, 0) is 128 Å². The number of carbonyl (C=O) groups is 3. The second kappa shape index (κ2) is 15.1. The highest BCUT2D eigenvalue weighted by molar-refractivity contribution is 9.10. The third-order valence-electron chi connectivity index (χ3n) is 12.1. The van der Waals surface area contributed by atoms with Gasteiger partial charge in [0.2, 0.25) is 11.8 Å². The van der Waals surface area contributed by atoms with Crippen LogP contribution >= 0.6 is 15.9 Å². The Kier molecular flexibility index (Phi) is 10.6. The van der Waals surface area contributed by atoms with E-state index in [-0.39, 0.29) is 40.7 Å². The molecule has 0 bridgehead atoms. The molecule has 52 heavy (non-hydrogen) atoms. The molecular weight excluding hydrogens is 722 g/mol. The van der Waals surface area contributed by atoms with Crippen LogP contribution in [-0.2, 0) is 16.1 Å². The van der Waals surface area contributed by atoms with E-state index >= 15 is 0 Å². The van der Waals surface area contributed by atoms with E-state index in [0.29, 0.717) is 29.8 Å². The van der Waals surface area contributed by atoms with E-state index in [2.05, 4.69) is 85.8 Å². The normalized spacial score (nSPS) is 23.8. The fraction of sp³-hybridized carbons (Fsp3) is 0.525. The number of likely N-dealkylation sites (tertiary alicyclic amines) is 2.